The highest BCUT2D eigenvalue weighted by Gasteiger charge is 2.46. The molecule has 7 heteroatoms. The highest BCUT2D eigenvalue weighted by molar-refractivity contribution is 7.09. The first-order valence-corrected chi connectivity index (χ1v) is 8.11. The van der Waals surface area contributed by atoms with Crippen LogP contribution in [0, 0.1) is 6.92 Å². The van der Waals surface area contributed by atoms with Crippen molar-refractivity contribution in [3.63, 3.8) is 0 Å². The summed E-state index contributed by atoms with van der Waals surface area (Å²) in [6, 6.07) is 5.40. The second kappa shape index (κ2) is 5.55. The van der Waals surface area contributed by atoms with Gasteiger partial charge in [0.1, 0.15) is 5.82 Å². The Hall–Kier alpha value is -1.17. The number of rotatable bonds is 3. The third kappa shape index (κ3) is 2.65. The molecule has 0 unspecified atom stereocenters. The molecule has 0 saturated heterocycles. The van der Waals surface area contributed by atoms with E-state index in [9.17, 15) is 4.79 Å². The van der Waals surface area contributed by atoms with E-state index < -0.39 is 5.41 Å². The highest BCUT2D eigenvalue weighted by Crippen LogP contribution is 2.45. The van der Waals surface area contributed by atoms with Gasteiger partial charge in [-0.05, 0) is 37.5 Å². The Balaban J connectivity index is 1.88. The smallest absolute Gasteiger partial charge is 0.236 e. The lowest BCUT2D eigenvalue weighted by Crippen LogP contribution is -2.46. The normalized spacial score (nSPS) is 16.3. The molecule has 1 aliphatic carbocycles. The summed E-state index contributed by atoms with van der Waals surface area (Å²) in [6.45, 7) is 1.80. The zero-order valence-electron chi connectivity index (χ0n) is 11.3. The molecule has 1 heterocycles. The number of hydrogen-bond donors (Lipinski definition) is 1. The predicted molar refractivity (Wildman–Crippen MR) is 85.3 cm³/mol. The highest BCUT2D eigenvalue weighted by atomic mass is 35.5. The van der Waals surface area contributed by atoms with Crippen LogP contribution in [-0.2, 0) is 10.2 Å². The average Bonchev–Trinajstić information content (AvgIpc) is 2.78. The number of halogens is 2. The van der Waals surface area contributed by atoms with Gasteiger partial charge in [0.05, 0.1) is 15.5 Å². The van der Waals surface area contributed by atoms with Crippen molar-refractivity contribution in [1.82, 2.24) is 9.36 Å². The number of anilines is 1. The van der Waals surface area contributed by atoms with E-state index in [-0.39, 0.29) is 5.91 Å². The molecule has 0 aliphatic heterocycles. The number of nitrogens with zero attached hydrogens (tertiary/aromatic N) is 2. The Morgan fingerprint density at radius 1 is 1.33 bits per heavy atom. The summed E-state index contributed by atoms with van der Waals surface area (Å²) in [6.07, 6.45) is 2.62. The van der Waals surface area contributed by atoms with E-state index in [2.05, 4.69) is 14.7 Å². The van der Waals surface area contributed by atoms with E-state index in [4.69, 9.17) is 23.2 Å². The first-order chi connectivity index (χ1) is 10.0. The topological polar surface area (TPSA) is 54.9 Å². The Labute approximate surface area is 136 Å². The summed E-state index contributed by atoms with van der Waals surface area (Å²) in [5.41, 5.74) is 0.371. The van der Waals surface area contributed by atoms with Gasteiger partial charge >= 0.3 is 0 Å². The fourth-order valence-corrected chi connectivity index (χ4v) is 3.40. The van der Waals surface area contributed by atoms with Crippen LogP contribution in [0.5, 0.6) is 0 Å². The van der Waals surface area contributed by atoms with Crippen molar-refractivity contribution in [3.05, 3.63) is 39.6 Å². The summed E-state index contributed by atoms with van der Waals surface area (Å²) in [5, 5.41) is 4.37. The molecule has 4 nitrogen and oxygen atoms in total. The van der Waals surface area contributed by atoms with Gasteiger partial charge in [-0.15, -0.1) is 0 Å². The summed E-state index contributed by atoms with van der Waals surface area (Å²) in [5.74, 6) is 0.607. The third-order valence-corrected chi connectivity index (χ3v) is 5.32. The molecular weight excluding hydrogens is 329 g/mol. The number of aromatic nitrogens is 2. The molecule has 1 saturated carbocycles. The standard InChI is InChI=1S/C14H13Cl2N3OS/c1-8-17-13(21-19-8)18-12(20)14(5-2-6-14)9-3-4-10(15)11(16)7-9/h3-4,7H,2,5-6H2,1H3,(H,17,18,19,20). The van der Waals surface area contributed by atoms with Crippen molar-refractivity contribution in [2.24, 2.45) is 0 Å². The number of carbonyl (C=O) groups is 1. The van der Waals surface area contributed by atoms with Crippen LogP contribution in [0.3, 0.4) is 0 Å². The second-order valence-electron chi connectivity index (χ2n) is 5.17. The van der Waals surface area contributed by atoms with Crippen LogP contribution in [0.1, 0.15) is 30.7 Å². The van der Waals surface area contributed by atoms with Gasteiger partial charge in [-0.1, -0.05) is 35.7 Å². The van der Waals surface area contributed by atoms with E-state index in [1.807, 2.05) is 6.07 Å². The van der Waals surface area contributed by atoms with Gasteiger partial charge < -0.3 is 0 Å². The molecular formula is C14H13Cl2N3OS. The number of carbonyl (C=O) groups excluding carboxylic acids is 1. The fourth-order valence-electron chi connectivity index (χ4n) is 2.54. The monoisotopic (exact) mass is 341 g/mol. The maximum Gasteiger partial charge on any atom is 0.236 e. The second-order valence-corrected chi connectivity index (χ2v) is 6.73. The predicted octanol–water partition coefficient (Wildman–Crippen LogP) is 4.21. The summed E-state index contributed by atoms with van der Waals surface area (Å²) in [4.78, 5) is 16.9. The molecule has 0 atom stereocenters. The lowest BCUT2D eigenvalue weighted by atomic mass is 9.64. The first-order valence-electron chi connectivity index (χ1n) is 6.58. The number of nitrogens with one attached hydrogen (secondary N) is 1. The number of hydrogen-bond acceptors (Lipinski definition) is 4. The van der Waals surface area contributed by atoms with E-state index in [1.54, 1.807) is 19.1 Å². The van der Waals surface area contributed by atoms with E-state index in [0.717, 1.165) is 24.8 Å². The molecule has 1 aromatic carbocycles. The van der Waals surface area contributed by atoms with Gasteiger partial charge in [0.2, 0.25) is 11.0 Å². The Morgan fingerprint density at radius 2 is 2.10 bits per heavy atom. The first kappa shape index (κ1) is 14.8. The van der Waals surface area contributed by atoms with Crippen LogP contribution in [0.25, 0.3) is 0 Å². The van der Waals surface area contributed by atoms with Gasteiger partial charge in [0, 0.05) is 11.5 Å². The molecule has 3 rings (SSSR count). The maximum atomic E-state index is 12.7. The Morgan fingerprint density at radius 3 is 2.62 bits per heavy atom. The molecule has 1 aliphatic rings. The summed E-state index contributed by atoms with van der Waals surface area (Å²) >= 11 is 13.2. The third-order valence-electron chi connectivity index (χ3n) is 3.86. The van der Waals surface area contributed by atoms with Gasteiger partial charge in [0.15, 0.2) is 0 Å². The number of aryl methyl sites for hydroxylation is 1. The van der Waals surface area contributed by atoms with Crippen molar-refractivity contribution in [1.29, 1.82) is 0 Å². The number of amides is 1. The lowest BCUT2D eigenvalue weighted by molar-refractivity contribution is -0.124. The molecule has 0 spiro atoms. The lowest BCUT2D eigenvalue weighted by Gasteiger charge is -2.40. The van der Waals surface area contributed by atoms with Gasteiger partial charge in [-0.2, -0.15) is 4.37 Å². The minimum Gasteiger partial charge on any atom is -0.300 e. The van der Waals surface area contributed by atoms with E-state index in [1.165, 1.54) is 11.5 Å². The Kier molecular flexibility index (Phi) is 3.90. The van der Waals surface area contributed by atoms with E-state index >= 15 is 0 Å². The Bertz CT molecular complexity index is 697. The fraction of sp³-hybridized carbons (Fsp3) is 0.357. The zero-order valence-corrected chi connectivity index (χ0v) is 13.6. The number of benzene rings is 1. The van der Waals surface area contributed by atoms with Crippen LogP contribution in [-0.4, -0.2) is 15.3 Å². The van der Waals surface area contributed by atoms with Crippen LogP contribution in [0.15, 0.2) is 18.2 Å². The van der Waals surface area contributed by atoms with Gasteiger partial charge in [-0.25, -0.2) is 4.98 Å². The molecule has 21 heavy (non-hydrogen) atoms. The molecule has 110 valence electrons. The maximum absolute atomic E-state index is 12.7. The largest absolute Gasteiger partial charge is 0.300 e. The van der Waals surface area contributed by atoms with Crippen molar-refractivity contribution in [2.45, 2.75) is 31.6 Å². The minimum atomic E-state index is -0.534. The zero-order chi connectivity index (χ0) is 15.0. The van der Waals surface area contributed by atoms with Crippen LogP contribution >= 0.6 is 34.7 Å². The molecule has 0 radical (unpaired) electrons. The molecule has 0 bridgehead atoms. The van der Waals surface area contributed by atoms with Crippen LogP contribution < -0.4 is 5.32 Å². The molecule has 1 aromatic heterocycles. The summed E-state index contributed by atoms with van der Waals surface area (Å²) < 4.78 is 4.07. The van der Waals surface area contributed by atoms with Crippen LogP contribution in [0.2, 0.25) is 10.0 Å². The average molecular weight is 342 g/mol. The van der Waals surface area contributed by atoms with Crippen LogP contribution in [0.4, 0.5) is 5.13 Å². The van der Waals surface area contributed by atoms with Gasteiger partial charge in [-0.3, -0.25) is 10.1 Å². The van der Waals surface area contributed by atoms with Crippen molar-refractivity contribution >= 4 is 45.8 Å². The van der Waals surface area contributed by atoms with Crippen molar-refractivity contribution < 1.29 is 4.79 Å². The van der Waals surface area contributed by atoms with Crippen molar-refractivity contribution in [3.8, 4) is 0 Å². The van der Waals surface area contributed by atoms with Crippen molar-refractivity contribution in [2.75, 3.05) is 5.32 Å². The molecule has 1 fully saturated rings. The van der Waals surface area contributed by atoms with E-state index in [0.29, 0.717) is 21.0 Å². The SMILES string of the molecule is Cc1nsc(NC(=O)C2(c3ccc(Cl)c(Cl)c3)CCC2)n1. The molecule has 1 amide bonds. The summed E-state index contributed by atoms with van der Waals surface area (Å²) in [7, 11) is 0. The molecule has 1 N–H and O–H groups in total. The quantitative estimate of drug-likeness (QED) is 0.909. The molecule has 2 aromatic rings. The minimum absolute atomic E-state index is 0.0525. The van der Waals surface area contributed by atoms with Gasteiger partial charge in [0.25, 0.3) is 0 Å².